The van der Waals surface area contributed by atoms with Crippen molar-refractivity contribution >= 4 is 21.9 Å². The Morgan fingerprint density at radius 3 is 2.72 bits per heavy atom. The molecule has 0 bridgehead atoms. The molecule has 0 aromatic heterocycles. The summed E-state index contributed by atoms with van der Waals surface area (Å²) in [6.07, 6.45) is -3.31. The number of esters is 1. The van der Waals surface area contributed by atoms with Crippen LogP contribution in [0.5, 0.6) is 0 Å². The van der Waals surface area contributed by atoms with Crippen LogP contribution in [0.3, 0.4) is 0 Å². The van der Waals surface area contributed by atoms with Crippen LogP contribution >= 0.6 is 15.9 Å². The molecule has 0 aliphatic rings. The molecule has 0 aliphatic heterocycles. The first-order chi connectivity index (χ1) is 8.47. The topological polar surface area (TPSA) is 66.8 Å². The second kappa shape index (κ2) is 6.82. The van der Waals surface area contributed by atoms with E-state index in [0.717, 1.165) is 0 Å². The van der Waals surface area contributed by atoms with Crippen molar-refractivity contribution in [1.82, 2.24) is 0 Å². The predicted molar refractivity (Wildman–Crippen MR) is 66.3 cm³/mol. The number of carbonyl (C=O) groups is 1. The molecule has 0 radical (unpaired) electrons. The van der Waals surface area contributed by atoms with Gasteiger partial charge in [0.2, 0.25) is 0 Å². The van der Waals surface area contributed by atoms with E-state index in [-0.39, 0.29) is 12.2 Å². The largest absolute Gasteiger partial charge is 0.466 e. The maximum atomic E-state index is 13.5. The highest BCUT2D eigenvalue weighted by molar-refractivity contribution is 9.10. The van der Waals surface area contributed by atoms with Gasteiger partial charge in [-0.25, -0.2) is 4.39 Å². The van der Waals surface area contributed by atoms with Crippen LogP contribution in [-0.2, 0) is 9.53 Å². The lowest BCUT2D eigenvalue weighted by atomic mass is 10.0. The zero-order chi connectivity index (χ0) is 13.7. The quantitative estimate of drug-likeness (QED) is 0.814. The first-order valence-electron chi connectivity index (χ1n) is 5.43. The Morgan fingerprint density at radius 2 is 2.17 bits per heavy atom. The molecule has 1 rings (SSSR count). The van der Waals surface area contributed by atoms with E-state index in [4.69, 9.17) is 0 Å². The minimum absolute atomic E-state index is 0.0747. The van der Waals surface area contributed by atoms with E-state index >= 15 is 0 Å². The van der Waals surface area contributed by atoms with Gasteiger partial charge in [0.05, 0.1) is 19.1 Å². The van der Waals surface area contributed by atoms with Gasteiger partial charge in [-0.2, -0.15) is 0 Å². The molecule has 0 saturated heterocycles. The van der Waals surface area contributed by atoms with E-state index in [2.05, 4.69) is 20.7 Å². The second-order valence-corrected chi connectivity index (χ2v) is 4.51. The summed E-state index contributed by atoms with van der Waals surface area (Å²) in [7, 11) is 0. The summed E-state index contributed by atoms with van der Waals surface area (Å²) in [5, 5.41) is 19.5. The Labute approximate surface area is 113 Å². The number of ether oxygens (including phenoxy) is 1. The molecule has 6 heteroatoms. The third-order valence-electron chi connectivity index (χ3n) is 2.34. The fraction of sp³-hybridized carbons (Fsp3) is 0.417. The van der Waals surface area contributed by atoms with Crippen LogP contribution in [-0.4, -0.2) is 28.9 Å². The van der Waals surface area contributed by atoms with Gasteiger partial charge in [-0.05, 0) is 19.1 Å². The zero-order valence-electron chi connectivity index (χ0n) is 9.77. The van der Waals surface area contributed by atoms with Crippen LogP contribution < -0.4 is 0 Å². The standard InChI is InChI=1S/C12H14BrFO4/c1-2-18-10(16)6-9(15)12(17)11-7(13)4-3-5-8(11)14/h3-5,9,12,15,17H,2,6H2,1H3. The first kappa shape index (κ1) is 15.1. The molecular formula is C12H14BrFO4. The number of hydrogen-bond acceptors (Lipinski definition) is 4. The van der Waals surface area contributed by atoms with Crippen LogP contribution in [0.15, 0.2) is 22.7 Å². The highest BCUT2D eigenvalue weighted by Crippen LogP contribution is 2.29. The monoisotopic (exact) mass is 320 g/mol. The van der Waals surface area contributed by atoms with E-state index in [1.54, 1.807) is 13.0 Å². The van der Waals surface area contributed by atoms with Gasteiger partial charge in [0, 0.05) is 10.0 Å². The van der Waals surface area contributed by atoms with Crippen molar-refractivity contribution in [2.45, 2.75) is 25.6 Å². The maximum absolute atomic E-state index is 13.5. The molecule has 0 heterocycles. The summed E-state index contributed by atoms with van der Waals surface area (Å²) < 4.78 is 18.5. The van der Waals surface area contributed by atoms with Gasteiger partial charge in [-0.1, -0.05) is 22.0 Å². The third-order valence-corrected chi connectivity index (χ3v) is 3.03. The molecule has 18 heavy (non-hydrogen) atoms. The van der Waals surface area contributed by atoms with Gasteiger partial charge >= 0.3 is 5.97 Å². The highest BCUT2D eigenvalue weighted by atomic mass is 79.9. The second-order valence-electron chi connectivity index (χ2n) is 3.66. The summed E-state index contributed by atoms with van der Waals surface area (Å²) in [5.74, 6) is -1.30. The van der Waals surface area contributed by atoms with E-state index < -0.39 is 30.4 Å². The molecule has 2 unspecified atom stereocenters. The minimum atomic E-state index is -1.50. The summed E-state index contributed by atoms with van der Waals surface area (Å²) >= 11 is 3.09. The van der Waals surface area contributed by atoms with E-state index in [1.807, 2.05) is 0 Å². The maximum Gasteiger partial charge on any atom is 0.308 e. The number of halogens is 2. The Balaban J connectivity index is 2.80. The average molecular weight is 321 g/mol. The Morgan fingerprint density at radius 1 is 1.50 bits per heavy atom. The fourth-order valence-electron chi connectivity index (χ4n) is 1.49. The molecule has 0 spiro atoms. The van der Waals surface area contributed by atoms with Gasteiger partial charge in [0.25, 0.3) is 0 Å². The predicted octanol–water partition coefficient (Wildman–Crippen LogP) is 1.94. The third kappa shape index (κ3) is 3.76. The lowest BCUT2D eigenvalue weighted by Crippen LogP contribution is -2.24. The van der Waals surface area contributed by atoms with E-state index in [9.17, 15) is 19.4 Å². The molecule has 0 fully saturated rings. The van der Waals surface area contributed by atoms with E-state index in [1.165, 1.54) is 12.1 Å². The molecule has 0 aliphatic carbocycles. The lowest BCUT2D eigenvalue weighted by molar-refractivity contribution is -0.147. The number of aliphatic hydroxyl groups excluding tert-OH is 2. The van der Waals surface area contributed by atoms with Crippen molar-refractivity contribution in [2.24, 2.45) is 0 Å². The van der Waals surface area contributed by atoms with Crippen LogP contribution in [0.2, 0.25) is 0 Å². The van der Waals surface area contributed by atoms with Gasteiger partial charge < -0.3 is 14.9 Å². The molecule has 1 aromatic rings. The van der Waals surface area contributed by atoms with Gasteiger partial charge in [0.15, 0.2) is 0 Å². The van der Waals surface area contributed by atoms with Gasteiger partial charge in [-0.3, -0.25) is 4.79 Å². The molecule has 100 valence electrons. The number of hydrogen-bond donors (Lipinski definition) is 2. The normalized spacial score (nSPS) is 14.1. The summed E-state index contributed by atoms with van der Waals surface area (Å²) in [6, 6.07) is 4.17. The minimum Gasteiger partial charge on any atom is -0.466 e. The first-order valence-corrected chi connectivity index (χ1v) is 6.22. The van der Waals surface area contributed by atoms with Crippen molar-refractivity contribution in [1.29, 1.82) is 0 Å². The van der Waals surface area contributed by atoms with Crippen LogP contribution in [0.25, 0.3) is 0 Å². The van der Waals surface area contributed by atoms with E-state index in [0.29, 0.717) is 4.47 Å². The summed E-state index contributed by atoms with van der Waals surface area (Å²) in [6.45, 7) is 1.82. The zero-order valence-corrected chi connectivity index (χ0v) is 11.4. The van der Waals surface area contributed by atoms with Gasteiger partial charge in [-0.15, -0.1) is 0 Å². The van der Waals surface area contributed by atoms with Crippen LogP contribution in [0, 0.1) is 5.82 Å². The molecule has 4 nitrogen and oxygen atoms in total. The Kier molecular flexibility index (Phi) is 5.71. The fourth-order valence-corrected chi connectivity index (χ4v) is 2.06. The SMILES string of the molecule is CCOC(=O)CC(O)C(O)c1c(F)cccc1Br. The summed E-state index contributed by atoms with van der Waals surface area (Å²) in [4.78, 5) is 11.2. The summed E-state index contributed by atoms with van der Waals surface area (Å²) in [5.41, 5.74) is -0.0747. The highest BCUT2D eigenvalue weighted by Gasteiger charge is 2.26. The number of rotatable bonds is 5. The van der Waals surface area contributed by atoms with Crippen molar-refractivity contribution < 1.29 is 24.1 Å². The lowest BCUT2D eigenvalue weighted by Gasteiger charge is -2.19. The van der Waals surface area contributed by atoms with Crippen molar-refractivity contribution in [3.63, 3.8) is 0 Å². The molecular weight excluding hydrogens is 307 g/mol. The molecule has 0 saturated carbocycles. The van der Waals surface area contributed by atoms with Crippen molar-refractivity contribution in [3.8, 4) is 0 Å². The smallest absolute Gasteiger partial charge is 0.308 e. The van der Waals surface area contributed by atoms with Crippen LogP contribution in [0.4, 0.5) is 4.39 Å². The molecule has 2 N–H and O–H groups in total. The van der Waals surface area contributed by atoms with Gasteiger partial charge in [0.1, 0.15) is 11.9 Å². The number of carbonyl (C=O) groups excluding carboxylic acids is 1. The number of aliphatic hydroxyl groups is 2. The molecule has 1 aromatic carbocycles. The van der Waals surface area contributed by atoms with Crippen molar-refractivity contribution in [3.05, 3.63) is 34.1 Å². The molecule has 2 atom stereocenters. The Hall–Kier alpha value is -0.980. The average Bonchev–Trinajstić information content (AvgIpc) is 2.28. The van der Waals surface area contributed by atoms with Crippen LogP contribution in [0.1, 0.15) is 25.0 Å². The Bertz CT molecular complexity index is 404. The number of benzene rings is 1. The van der Waals surface area contributed by atoms with Crippen molar-refractivity contribution in [2.75, 3.05) is 6.61 Å². The molecule has 0 amide bonds.